The van der Waals surface area contributed by atoms with E-state index in [0.717, 1.165) is 16.5 Å². The van der Waals surface area contributed by atoms with Crippen LogP contribution in [0.25, 0.3) is 10.9 Å². The maximum Gasteiger partial charge on any atom is 0.265 e. The summed E-state index contributed by atoms with van der Waals surface area (Å²) < 4.78 is 1.62. The van der Waals surface area contributed by atoms with Gasteiger partial charge in [-0.25, -0.2) is 0 Å². The van der Waals surface area contributed by atoms with Gasteiger partial charge in [0.1, 0.15) is 12.2 Å². The van der Waals surface area contributed by atoms with Crippen molar-refractivity contribution in [2.24, 2.45) is 5.73 Å². The van der Waals surface area contributed by atoms with Crippen LogP contribution in [0.2, 0.25) is 0 Å². The van der Waals surface area contributed by atoms with Crippen molar-refractivity contribution in [3.05, 3.63) is 41.9 Å². The standard InChI is InChI=1S/C14H14N3O2/c15-7-8-17-12-6-2-1-4-10(12)11(5-3-9-18)13(17)14(16)19/h1-4,6,18H,5,8-9H2,(H2,16,19). The number of amides is 1. The number of nitrogens with two attached hydrogens (primary N) is 1. The second-order valence-electron chi connectivity index (χ2n) is 4.13. The quantitative estimate of drug-likeness (QED) is 0.836. The van der Waals surface area contributed by atoms with Gasteiger partial charge in [-0.15, -0.1) is 0 Å². The molecule has 5 nitrogen and oxygen atoms in total. The summed E-state index contributed by atoms with van der Waals surface area (Å²) in [5.41, 5.74) is 7.34. The molecule has 0 aliphatic carbocycles. The van der Waals surface area contributed by atoms with E-state index < -0.39 is 5.91 Å². The Labute approximate surface area is 110 Å². The Morgan fingerprint density at radius 3 is 2.84 bits per heavy atom. The summed E-state index contributed by atoms with van der Waals surface area (Å²) in [6, 6.07) is 9.49. The number of aliphatic hydroxyl groups is 1. The maximum absolute atomic E-state index is 11.7. The fourth-order valence-electron chi connectivity index (χ4n) is 2.31. The summed E-state index contributed by atoms with van der Waals surface area (Å²) in [6.07, 6.45) is 2.10. The molecule has 0 saturated heterocycles. The molecule has 19 heavy (non-hydrogen) atoms. The lowest BCUT2D eigenvalue weighted by Gasteiger charge is -2.05. The van der Waals surface area contributed by atoms with E-state index in [1.165, 1.54) is 0 Å². The van der Waals surface area contributed by atoms with Crippen LogP contribution in [-0.2, 0) is 13.0 Å². The predicted molar refractivity (Wildman–Crippen MR) is 71.2 cm³/mol. The normalized spacial score (nSPS) is 10.5. The zero-order valence-corrected chi connectivity index (χ0v) is 10.3. The third-order valence-corrected chi connectivity index (χ3v) is 3.02. The number of primary amides is 1. The highest BCUT2D eigenvalue weighted by Gasteiger charge is 2.20. The first-order chi connectivity index (χ1) is 9.20. The monoisotopic (exact) mass is 256 g/mol. The molecule has 1 amide bonds. The molecule has 0 spiro atoms. The maximum atomic E-state index is 11.7. The van der Waals surface area contributed by atoms with Crippen molar-refractivity contribution < 1.29 is 9.90 Å². The van der Waals surface area contributed by atoms with Crippen molar-refractivity contribution in [2.75, 3.05) is 6.61 Å². The Kier molecular flexibility index (Phi) is 3.83. The molecule has 0 atom stereocenters. The number of benzene rings is 1. The van der Waals surface area contributed by atoms with Crippen LogP contribution in [0, 0.1) is 17.8 Å². The minimum atomic E-state index is -0.562. The smallest absolute Gasteiger partial charge is 0.265 e. The molecule has 97 valence electrons. The molecule has 3 N–H and O–H groups in total. The second-order valence-corrected chi connectivity index (χ2v) is 4.13. The number of hydrogen-bond acceptors (Lipinski definition) is 3. The number of para-hydroxylation sites is 1. The van der Waals surface area contributed by atoms with Crippen molar-refractivity contribution >= 4 is 16.8 Å². The van der Waals surface area contributed by atoms with Crippen LogP contribution in [0.4, 0.5) is 0 Å². The van der Waals surface area contributed by atoms with E-state index in [-0.39, 0.29) is 13.2 Å². The van der Waals surface area contributed by atoms with Gasteiger partial charge in [-0.2, -0.15) is 5.26 Å². The highest BCUT2D eigenvalue weighted by atomic mass is 16.2. The second kappa shape index (κ2) is 5.55. The predicted octanol–water partition coefficient (Wildman–Crippen LogP) is 1.00. The van der Waals surface area contributed by atoms with Gasteiger partial charge in [0.05, 0.1) is 6.07 Å². The summed E-state index contributed by atoms with van der Waals surface area (Å²) in [7, 11) is 0. The van der Waals surface area contributed by atoms with E-state index >= 15 is 0 Å². The molecule has 0 bridgehead atoms. The number of hydrogen-bond donors (Lipinski definition) is 2. The fraction of sp³-hybridized carbons (Fsp3) is 0.214. The molecule has 0 fully saturated rings. The molecule has 1 aromatic carbocycles. The number of fused-ring (bicyclic) bond motifs is 1. The van der Waals surface area contributed by atoms with Gasteiger partial charge in [-0.05, 0) is 24.5 Å². The highest BCUT2D eigenvalue weighted by molar-refractivity contribution is 6.01. The Bertz CT molecular complexity index is 652. The number of carbonyl (C=O) groups is 1. The molecule has 1 aromatic heterocycles. The largest absolute Gasteiger partial charge is 0.396 e. The van der Waals surface area contributed by atoms with E-state index in [0.29, 0.717) is 12.1 Å². The summed E-state index contributed by atoms with van der Waals surface area (Å²) in [4.78, 5) is 11.7. The summed E-state index contributed by atoms with van der Waals surface area (Å²) >= 11 is 0. The van der Waals surface area contributed by atoms with Crippen LogP contribution in [0.5, 0.6) is 0 Å². The van der Waals surface area contributed by atoms with Crippen molar-refractivity contribution in [2.45, 2.75) is 13.0 Å². The highest BCUT2D eigenvalue weighted by Crippen LogP contribution is 2.27. The van der Waals surface area contributed by atoms with Gasteiger partial charge in [0.25, 0.3) is 5.91 Å². The molecule has 2 rings (SSSR count). The number of rotatable bonds is 5. The van der Waals surface area contributed by atoms with Crippen LogP contribution < -0.4 is 5.73 Å². The Morgan fingerprint density at radius 2 is 2.21 bits per heavy atom. The van der Waals surface area contributed by atoms with Crippen molar-refractivity contribution in [3.63, 3.8) is 0 Å². The van der Waals surface area contributed by atoms with Crippen molar-refractivity contribution in [1.82, 2.24) is 4.57 Å². The lowest BCUT2D eigenvalue weighted by molar-refractivity contribution is 0.0991. The molecular weight excluding hydrogens is 242 g/mol. The SMILES string of the molecule is N#CCn1c(C(N)=O)c(C[CH]CO)c2ccccc21. The van der Waals surface area contributed by atoms with Gasteiger partial charge in [-0.3, -0.25) is 4.79 Å². The zero-order valence-electron chi connectivity index (χ0n) is 10.3. The molecular formula is C14H14N3O2. The average Bonchev–Trinajstić information content (AvgIpc) is 2.71. The number of carbonyl (C=O) groups excluding carboxylic acids is 1. The van der Waals surface area contributed by atoms with E-state index in [9.17, 15) is 4.79 Å². The third kappa shape index (κ3) is 2.30. The van der Waals surface area contributed by atoms with Crippen LogP contribution in [0.3, 0.4) is 0 Å². The van der Waals surface area contributed by atoms with Crippen LogP contribution in [0.1, 0.15) is 16.1 Å². The third-order valence-electron chi connectivity index (χ3n) is 3.02. The molecule has 0 aliphatic heterocycles. The molecule has 2 aromatic rings. The summed E-state index contributed by atoms with van der Waals surface area (Å²) in [5.74, 6) is -0.562. The van der Waals surface area contributed by atoms with E-state index in [1.807, 2.05) is 30.3 Å². The number of nitriles is 1. The zero-order chi connectivity index (χ0) is 13.8. The van der Waals surface area contributed by atoms with E-state index in [1.54, 1.807) is 11.0 Å². The summed E-state index contributed by atoms with van der Waals surface area (Å²) in [6.45, 7) is -0.00608. The Hall–Kier alpha value is -2.32. The topological polar surface area (TPSA) is 92.0 Å². The molecule has 0 unspecified atom stereocenters. The molecule has 0 saturated carbocycles. The molecule has 0 aliphatic rings. The van der Waals surface area contributed by atoms with Gasteiger partial charge < -0.3 is 15.4 Å². The molecule has 1 radical (unpaired) electrons. The van der Waals surface area contributed by atoms with Gasteiger partial charge in [0.2, 0.25) is 0 Å². The first-order valence-corrected chi connectivity index (χ1v) is 5.90. The lowest BCUT2D eigenvalue weighted by atomic mass is 10.1. The average molecular weight is 256 g/mol. The van der Waals surface area contributed by atoms with E-state index in [2.05, 4.69) is 0 Å². The van der Waals surface area contributed by atoms with E-state index in [4.69, 9.17) is 16.1 Å². The van der Waals surface area contributed by atoms with Crippen molar-refractivity contribution in [3.8, 4) is 6.07 Å². The number of nitrogens with zero attached hydrogens (tertiary/aromatic N) is 2. The van der Waals surface area contributed by atoms with Gasteiger partial charge >= 0.3 is 0 Å². The lowest BCUT2D eigenvalue weighted by Crippen LogP contribution is -2.18. The van der Waals surface area contributed by atoms with Crippen LogP contribution in [0.15, 0.2) is 24.3 Å². The molecule has 5 heteroatoms. The minimum Gasteiger partial charge on any atom is -0.396 e. The number of aromatic nitrogens is 1. The van der Waals surface area contributed by atoms with Crippen molar-refractivity contribution in [1.29, 1.82) is 5.26 Å². The summed E-state index contributed by atoms with van der Waals surface area (Å²) in [5, 5.41) is 18.7. The molecule has 1 heterocycles. The van der Waals surface area contributed by atoms with Gasteiger partial charge in [-0.1, -0.05) is 18.2 Å². The van der Waals surface area contributed by atoms with Crippen LogP contribution in [-0.4, -0.2) is 22.2 Å². The minimum absolute atomic E-state index is 0.0674. The number of aliphatic hydroxyl groups excluding tert-OH is 1. The van der Waals surface area contributed by atoms with Gasteiger partial charge in [0.15, 0.2) is 0 Å². The van der Waals surface area contributed by atoms with Crippen LogP contribution >= 0.6 is 0 Å². The first-order valence-electron chi connectivity index (χ1n) is 5.90. The first kappa shape index (κ1) is 13.1. The Morgan fingerprint density at radius 1 is 1.47 bits per heavy atom. The fourth-order valence-corrected chi connectivity index (χ4v) is 2.31. The Balaban J connectivity index is 2.72. The van der Waals surface area contributed by atoms with Gasteiger partial charge in [0, 0.05) is 17.5 Å².